The Labute approximate surface area is 134 Å². The zero-order chi connectivity index (χ0) is 17.9. The van der Waals surface area contributed by atoms with E-state index in [9.17, 15) is 28.1 Å². The molecule has 2 aromatic rings. The maximum absolute atomic E-state index is 13.5. The fourth-order valence-corrected chi connectivity index (χ4v) is 1.93. The molecule has 126 valence electrons. The van der Waals surface area contributed by atoms with Crippen molar-refractivity contribution in [3.05, 3.63) is 63.5 Å². The standard InChI is InChI=1S/C15H12F3N3O3/c1-8-2-4-10(12(6-8)21(23)24)20-13(22)7-19-11-5-3-9(16)14(17)15(11)18/h2-6,19H,7H2,1H3,(H,20,22). The van der Waals surface area contributed by atoms with Crippen molar-refractivity contribution in [2.45, 2.75) is 6.92 Å². The normalized spacial score (nSPS) is 10.3. The van der Waals surface area contributed by atoms with Crippen molar-refractivity contribution < 1.29 is 22.9 Å². The van der Waals surface area contributed by atoms with Gasteiger partial charge in [0.25, 0.3) is 5.69 Å². The highest BCUT2D eigenvalue weighted by molar-refractivity contribution is 5.95. The summed E-state index contributed by atoms with van der Waals surface area (Å²) in [6.45, 7) is 1.17. The topological polar surface area (TPSA) is 84.3 Å². The Kier molecular flexibility index (Phi) is 5.02. The number of rotatable bonds is 5. The Morgan fingerprint density at radius 1 is 1.12 bits per heavy atom. The zero-order valence-electron chi connectivity index (χ0n) is 12.4. The first-order valence-corrected chi connectivity index (χ1v) is 6.72. The van der Waals surface area contributed by atoms with E-state index in [1.54, 1.807) is 13.0 Å². The minimum Gasteiger partial charge on any atom is -0.374 e. The molecule has 0 aromatic heterocycles. The van der Waals surface area contributed by atoms with Crippen molar-refractivity contribution in [1.82, 2.24) is 0 Å². The van der Waals surface area contributed by atoms with Crippen LogP contribution in [-0.2, 0) is 4.79 Å². The maximum Gasteiger partial charge on any atom is 0.293 e. The van der Waals surface area contributed by atoms with Gasteiger partial charge in [-0.15, -0.1) is 0 Å². The molecule has 0 atom stereocenters. The molecule has 6 nitrogen and oxygen atoms in total. The lowest BCUT2D eigenvalue weighted by molar-refractivity contribution is -0.384. The first kappa shape index (κ1) is 17.3. The van der Waals surface area contributed by atoms with Crippen LogP contribution in [0.15, 0.2) is 30.3 Å². The summed E-state index contributed by atoms with van der Waals surface area (Å²) in [5.74, 6) is -5.18. The van der Waals surface area contributed by atoms with E-state index < -0.39 is 40.5 Å². The van der Waals surface area contributed by atoms with Crippen molar-refractivity contribution in [3.8, 4) is 0 Å². The SMILES string of the molecule is Cc1ccc(NC(=O)CNc2ccc(F)c(F)c2F)c([N+](=O)[O-])c1. The summed E-state index contributed by atoms with van der Waals surface area (Å²) in [6, 6.07) is 5.88. The number of nitro benzene ring substituents is 1. The van der Waals surface area contributed by atoms with E-state index in [1.807, 2.05) is 0 Å². The summed E-state index contributed by atoms with van der Waals surface area (Å²) in [6.07, 6.45) is 0. The highest BCUT2D eigenvalue weighted by Gasteiger charge is 2.17. The molecular formula is C15H12F3N3O3. The summed E-state index contributed by atoms with van der Waals surface area (Å²) in [4.78, 5) is 22.1. The molecule has 9 heteroatoms. The van der Waals surface area contributed by atoms with E-state index in [-0.39, 0.29) is 11.4 Å². The third-order valence-corrected chi connectivity index (χ3v) is 3.10. The van der Waals surface area contributed by atoms with Crippen LogP contribution in [-0.4, -0.2) is 17.4 Å². The van der Waals surface area contributed by atoms with Crippen LogP contribution in [0, 0.1) is 34.5 Å². The number of amides is 1. The molecule has 0 aliphatic rings. The van der Waals surface area contributed by atoms with Gasteiger partial charge in [-0.2, -0.15) is 0 Å². The molecular weight excluding hydrogens is 327 g/mol. The molecule has 0 saturated carbocycles. The summed E-state index contributed by atoms with van der Waals surface area (Å²) in [7, 11) is 0. The summed E-state index contributed by atoms with van der Waals surface area (Å²) < 4.78 is 39.3. The first-order chi connectivity index (χ1) is 11.3. The smallest absolute Gasteiger partial charge is 0.293 e. The fourth-order valence-electron chi connectivity index (χ4n) is 1.93. The molecule has 0 aliphatic heterocycles. The molecule has 1 amide bonds. The summed E-state index contributed by atoms with van der Waals surface area (Å²) in [5.41, 5.74) is -0.0744. The van der Waals surface area contributed by atoms with Crippen molar-refractivity contribution in [1.29, 1.82) is 0 Å². The van der Waals surface area contributed by atoms with Gasteiger partial charge in [0.1, 0.15) is 5.69 Å². The molecule has 0 unspecified atom stereocenters. The quantitative estimate of drug-likeness (QED) is 0.497. The molecule has 0 fully saturated rings. The average Bonchev–Trinajstić information content (AvgIpc) is 2.53. The summed E-state index contributed by atoms with van der Waals surface area (Å²) in [5, 5.41) is 15.6. The van der Waals surface area contributed by atoms with Gasteiger partial charge in [-0.3, -0.25) is 14.9 Å². The van der Waals surface area contributed by atoms with Gasteiger partial charge < -0.3 is 10.6 Å². The average molecular weight is 339 g/mol. The van der Waals surface area contributed by atoms with Gasteiger partial charge in [-0.05, 0) is 30.7 Å². The number of nitro groups is 1. The number of hydrogen-bond acceptors (Lipinski definition) is 4. The third kappa shape index (κ3) is 3.80. The van der Waals surface area contributed by atoms with E-state index in [4.69, 9.17) is 0 Å². The predicted octanol–water partition coefficient (Wildman–Crippen LogP) is 3.37. The Hall–Kier alpha value is -3.10. The van der Waals surface area contributed by atoms with E-state index in [1.165, 1.54) is 12.1 Å². The van der Waals surface area contributed by atoms with E-state index in [2.05, 4.69) is 10.6 Å². The molecule has 0 saturated heterocycles. The first-order valence-electron chi connectivity index (χ1n) is 6.72. The number of nitrogens with zero attached hydrogens (tertiary/aromatic N) is 1. The monoisotopic (exact) mass is 339 g/mol. The van der Waals surface area contributed by atoms with Crippen LogP contribution in [0.1, 0.15) is 5.56 Å². The molecule has 2 rings (SSSR count). The van der Waals surface area contributed by atoms with Crippen molar-refractivity contribution >= 4 is 23.0 Å². The number of nitrogens with one attached hydrogen (secondary N) is 2. The van der Waals surface area contributed by atoms with Crippen LogP contribution in [0.25, 0.3) is 0 Å². The molecule has 0 aliphatic carbocycles. The van der Waals surface area contributed by atoms with Crippen LogP contribution in [0.2, 0.25) is 0 Å². The molecule has 2 aromatic carbocycles. The number of anilines is 2. The zero-order valence-corrected chi connectivity index (χ0v) is 12.4. The van der Waals surface area contributed by atoms with Crippen LogP contribution < -0.4 is 10.6 Å². The van der Waals surface area contributed by atoms with Gasteiger partial charge in [-0.25, -0.2) is 13.2 Å². The van der Waals surface area contributed by atoms with Crippen molar-refractivity contribution in [2.24, 2.45) is 0 Å². The van der Waals surface area contributed by atoms with Gasteiger partial charge in [0.2, 0.25) is 5.91 Å². The van der Waals surface area contributed by atoms with Gasteiger partial charge in [-0.1, -0.05) is 6.07 Å². The van der Waals surface area contributed by atoms with Crippen LogP contribution in [0.3, 0.4) is 0 Å². The highest BCUT2D eigenvalue weighted by atomic mass is 19.2. The Bertz CT molecular complexity index is 812. The molecule has 2 N–H and O–H groups in total. The number of carbonyl (C=O) groups is 1. The minimum absolute atomic E-state index is 0.0249. The lowest BCUT2D eigenvalue weighted by Crippen LogP contribution is -2.22. The molecule has 0 radical (unpaired) electrons. The number of benzene rings is 2. The minimum atomic E-state index is -1.66. The molecule has 24 heavy (non-hydrogen) atoms. The van der Waals surface area contributed by atoms with Crippen LogP contribution >= 0.6 is 0 Å². The van der Waals surface area contributed by atoms with Crippen LogP contribution in [0.5, 0.6) is 0 Å². The Morgan fingerprint density at radius 2 is 1.79 bits per heavy atom. The van der Waals surface area contributed by atoms with Gasteiger partial charge in [0.15, 0.2) is 17.5 Å². The lowest BCUT2D eigenvalue weighted by Gasteiger charge is -2.10. The second kappa shape index (κ2) is 6.99. The Balaban J connectivity index is 2.07. The second-order valence-electron chi connectivity index (χ2n) is 4.90. The largest absolute Gasteiger partial charge is 0.374 e. The molecule has 0 spiro atoms. The van der Waals surface area contributed by atoms with E-state index >= 15 is 0 Å². The number of carbonyl (C=O) groups excluding carboxylic acids is 1. The number of aryl methyl sites for hydroxylation is 1. The number of hydrogen-bond donors (Lipinski definition) is 2. The van der Waals surface area contributed by atoms with Crippen molar-refractivity contribution in [2.75, 3.05) is 17.2 Å². The van der Waals surface area contributed by atoms with Gasteiger partial charge >= 0.3 is 0 Å². The predicted molar refractivity (Wildman–Crippen MR) is 81.3 cm³/mol. The lowest BCUT2D eigenvalue weighted by atomic mass is 10.2. The van der Waals surface area contributed by atoms with Crippen LogP contribution in [0.4, 0.5) is 30.2 Å². The van der Waals surface area contributed by atoms with E-state index in [0.29, 0.717) is 11.6 Å². The molecule has 0 heterocycles. The van der Waals surface area contributed by atoms with Gasteiger partial charge in [0.05, 0.1) is 17.2 Å². The van der Waals surface area contributed by atoms with E-state index in [0.717, 1.165) is 6.07 Å². The van der Waals surface area contributed by atoms with Crippen molar-refractivity contribution in [3.63, 3.8) is 0 Å². The molecule has 0 bridgehead atoms. The maximum atomic E-state index is 13.5. The Morgan fingerprint density at radius 3 is 2.46 bits per heavy atom. The van der Waals surface area contributed by atoms with Gasteiger partial charge in [0, 0.05) is 6.07 Å². The fraction of sp³-hybridized carbons (Fsp3) is 0.133. The summed E-state index contributed by atoms with van der Waals surface area (Å²) >= 11 is 0. The number of halogens is 3. The third-order valence-electron chi connectivity index (χ3n) is 3.10. The second-order valence-corrected chi connectivity index (χ2v) is 4.90. The highest BCUT2D eigenvalue weighted by Crippen LogP contribution is 2.25.